The zero-order chi connectivity index (χ0) is 15.9. The third-order valence-corrected chi connectivity index (χ3v) is 4.07. The quantitative estimate of drug-likeness (QED) is 0.847. The summed E-state index contributed by atoms with van der Waals surface area (Å²) in [6.07, 6.45) is 12.3. The predicted molar refractivity (Wildman–Crippen MR) is 86.0 cm³/mol. The molecule has 3 rings (SSSR count). The van der Waals surface area contributed by atoms with E-state index in [4.69, 9.17) is 0 Å². The third-order valence-electron chi connectivity index (χ3n) is 4.07. The van der Waals surface area contributed by atoms with Crippen molar-refractivity contribution < 1.29 is 4.79 Å². The van der Waals surface area contributed by atoms with Gasteiger partial charge in [-0.15, -0.1) is 5.10 Å². The molecule has 2 aromatic rings. The van der Waals surface area contributed by atoms with Crippen LogP contribution in [0.15, 0.2) is 30.7 Å². The van der Waals surface area contributed by atoms with Crippen LogP contribution in [-0.2, 0) is 6.54 Å². The molecule has 0 radical (unpaired) electrons. The number of rotatable bonds is 4. The maximum Gasteiger partial charge on any atom is 0.315 e. The van der Waals surface area contributed by atoms with Gasteiger partial charge in [-0.3, -0.25) is 4.98 Å². The van der Waals surface area contributed by atoms with Gasteiger partial charge in [-0.05, 0) is 25.0 Å². The van der Waals surface area contributed by atoms with Crippen molar-refractivity contribution in [3.8, 4) is 5.69 Å². The molecule has 0 aromatic carbocycles. The van der Waals surface area contributed by atoms with Crippen LogP contribution >= 0.6 is 0 Å². The van der Waals surface area contributed by atoms with Crippen molar-refractivity contribution in [1.82, 2.24) is 30.6 Å². The highest BCUT2D eigenvalue weighted by Gasteiger charge is 2.14. The topological polar surface area (TPSA) is 84.7 Å². The number of hydrogen-bond acceptors (Lipinski definition) is 4. The van der Waals surface area contributed by atoms with Crippen LogP contribution in [0.2, 0.25) is 0 Å². The lowest BCUT2D eigenvalue weighted by molar-refractivity contribution is 0.235. The van der Waals surface area contributed by atoms with Gasteiger partial charge in [0, 0.05) is 12.2 Å². The zero-order valence-corrected chi connectivity index (χ0v) is 13.1. The van der Waals surface area contributed by atoms with E-state index in [0.717, 1.165) is 18.5 Å². The van der Waals surface area contributed by atoms with Crippen LogP contribution in [0, 0.1) is 0 Å². The first-order chi connectivity index (χ1) is 11.3. The summed E-state index contributed by atoms with van der Waals surface area (Å²) < 4.78 is 1.65. The van der Waals surface area contributed by atoms with Crippen molar-refractivity contribution in [3.05, 3.63) is 36.4 Å². The van der Waals surface area contributed by atoms with Gasteiger partial charge < -0.3 is 10.6 Å². The lowest BCUT2D eigenvalue weighted by Gasteiger charge is -2.16. The maximum absolute atomic E-state index is 12.0. The summed E-state index contributed by atoms with van der Waals surface area (Å²) >= 11 is 0. The minimum absolute atomic E-state index is 0.132. The molecule has 2 amide bonds. The first kappa shape index (κ1) is 15.5. The number of carbonyl (C=O) groups is 1. The highest BCUT2D eigenvalue weighted by atomic mass is 16.2. The van der Waals surface area contributed by atoms with Gasteiger partial charge in [0.15, 0.2) is 0 Å². The Bertz CT molecular complexity index is 619. The molecule has 0 atom stereocenters. The Kier molecular flexibility index (Phi) is 5.18. The second-order valence-corrected chi connectivity index (χ2v) is 5.88. The highest BCUT2D eigenvalue weighted by molar-refractivity contribution is 5.74. The molecule has 0 bridgehead atoms. The van der Waals surface area contributed by atoms with Gasteiger partial charge >= 0.3 is 6.03 Å². The van der Waals surface area contributed by atoms with Crippen molar-refractivity contribution in [3.63, 3.8) is 0 Å². The van der Waals surface area contributed by atoms with Crippen LogP contribution in [-0.4, -0.2) is 32.1 Å². The monoisotopic (exact) mass is 314 g/mol. The molecular formula is C16H22N6O. The summed E-state index contributed by atoms with van der Waals surface area (Å²) in [4.78, 5) is 16.0. The molecule has 2 aromatic heterocycles. The number of hydrogen-bond donors (Lipinski definition) is 2. The van der Waals surface area contributed by atoms with E-state index in [1.807, 2.05) is 12.1 Å². The van der Waals surface area contributed by atoms with Crippen LogP contribution in [0.4, 0.5) is 4.79 Å². The van der Waals surface area contributed by atoms with E-state index in [1.165, 1.54) is 25.7 Å². The van der Waals surface area contributed by atoms with Crippen LogP contribution in [0.1, 0.15) is 44.2 Å². The van der Waals surface area contributed by atoms with Gasteiger partial charge in [0.2, 0.25) is 0 Å². The molecule has 2 heterocycles. The third kappa shape index (κ3) is 4.51. The molecule has 7 nitrogen and oxygen atoms in total. The number of aromatic nitrogens is 4. The van der Waals surface area contributed by atoms with Gasteiger partial charge in [0.25, 0.3) is 0 Å². The Morgan fingerprint density at radius 3 is 2.83 bits per heavy atom. The molecule has 0 aliphatic heterocycles. The second kappa shape index (κ2) is 7.71. The van der Waals surface area contributed by atoms with Gasteiger partial charge in [-0.2, -0.15) is 0 Å². The van der Waals surface area contributed by atoms with E-state index >= 15 is 0 Å². The van der Waals surface area contributed by atoms with E-state index in [-0.39, 0.29) is 6.03 Å². The molecule has 1 aliphatic rings. The molecular weight excluding hydrogens is 292 g/mol. The average Bonchev–Trinajstić information content (AvgIpc) is 2.91. The summed E-state index contributed by atoms with van der Waals surface area (Å²) in [5, 5.41) is 14.0. The van der Waals surface area contributed by atoms with Gasteiger partial charge in [-0.1, -0.05) is 30.9 Å². The van der Waals surface area contributed by atoms with Gasteiger partial charge in [-0.25, -0.2) is 9.48 Å². The van der Waals surface area contributed by atoms with E-state index in [9.17, 15) is 4.79 Å². The Balaban J connectivity index is 1.48. The molecule has 122 valence electrons. The zero-order valence-electron chi connectivity index (χ0n) is 13.1. The Labute approximate surface area is 135 Å². The van der Waals surface area contributed by atoms with Crippen molar-refractivity contribution in [2.45, 2.75) is 51.1 Å². The molecule has 0 spiro atoms. The number of pyridine rings is 1. The molecule has 7 heteroatoms. The number of nitrogens with one attached hydrogen (secondary N) is 2. The van der Waals surface area contributed by atoms with E-state index in [0.29, 0.717) is 18.3 Å². The molecule has 23 heavy (non-hydrogen) atoms. The summed E-state index contributed by atoms with van der Waals surface area (Å²) in [6.45, 7) is 0.360. The van der Waals surface area contributed by atoms with Crippen LogP contribution in [0.3, 0.4) is 0 Å². The fourth-order valence-electron chi connectivity index (χ4n) is 2.83. The average molecular weight is 314 g/mol. The predicted octanol–water partition coefficient (Wildman–Crippen LogP) is 2.18. The second-order valence-electron chi connectivity index (χ2n) is 5.88. The molecule has 1 saturated carbocycles. The minimum Gasteiger partial charge on any atom is -0.335 e. The lowest BCUT2D eigenvalue weighted by atomic mass is 10.1. The standard InChI is InChI=1S/C16H22N6O/c23-16(19-13-6-3-1-2-4-7-13)18-10-14-12-22(21-20-14)15-8-5-9-17-11-15/h5,8-9,11-13H,1-4,6-7,10H2,(H2,18,19,23). The smallest absolute Gasteiger partial charge is 0.315 e. The Morgan fingerprint density at radius 2 is 2.09 bits per heavy atom. The number of urea groups is 1. The highest BCUT2D eigenvalue weighted by Crippen LogP contribution is 2.17. The largest absolute Gasteiger partial charge is 0.335 e. The van der Waals surface area contributed by atoms with Crippen molar-refractivity contribution >= 4 is 6.03 Å². The summed E-state index contributed by atoms with van der Waals surface area (Å²) in [5.74, 6) is 0. The van der Waals surface area contributed by atoms with Crippen molar-refractivity contribution in [1.29, 1.82) is 0 Å². The molecule has 0 unspecified atom stereocenters. The normalized spacial score (nSPS) is 15.8. The fourth-order valence-corrected chi connectivity index (χ4v) is 2.83. The van der Waals surface area contributed by atoms with Crippen LogP contribution in [0.5, 0.6) is 0 Å². The Morgan fingerprint density at radius 1 is 1.26 bits per heavy atom. The Hall–Kier alpha value is -2.44. The fraction of sp³-hybridized carbons (Fsp3) is 0.500. The number of carbonyl (C=O) groups excluding carboxylic acids is 1. The van der Waals surface area contributed by atoms with E-state index in [1.54, 1.807) is 23.3 Å². The molecule has 1 fully saturated rings. The molecule has 2 N–H and O–H groups in total. The van der Waals surface area contributed by atoms with Crippen LogP contribution in [0.25, 0.3) is 5.69 Å². The van der Waals surface area contributed by atoms with Crippen molar-refractivity contribution in [2.24, 2.45) is 0 Å². The summed E-state index contributed by atoms with van der Waals surface area (Å²) in [7, 11) is 0. The van der Waals surface area contributed by atoms with Gasteiger partial charge in [0.05, 0.1) is 24.6 Å². The van der Waals surface area contributed by atoms with Crippen molar-refractivity contribution in [2.75, 3.05) is 0 Å². The van der Waals surface area contributed by atoms with Crippen LogP contribution < -0.4 is 10.6 Å². The molecule has 1 aliphatic carbocycles. The van der Waals surface area contributed by atoms with E-state index in [2.05, 4.69) is 25.9 Å². The summed E-state index contributed by atoms with van der Waals surface area (Å²) in [6, 6.07) is 3.91. The minimum atomic E-state index is -0.132. The summed E-state index contributed by atoms with van der Waals surface area (Å²) in [5.41, 5.74) is 1.55. The maximum atomic E-state index is 12.0. The number of nitrogens with zero attached hydrogens (tertiary/aromatic N) is 4. The number of amides is 2. The van der Waals surface area contributed by atoms with E-state index < -0.39 is 0 Å². The SMILES string of the molecule is O=C(NCc1cn(-c2cccnc2)nn1)NC1CCCCCC1. The van der Waals surface area contributed by atoms with Gasteiger partial charge in [0.1, 0.15) is 5.69 Å². The first-order valence-corrected chi connectivity index (χ1v) is 8.17. The molecule has 0 saturated heterocycles. The lowest BCUT2D eigenvalue weighted by Crippen LogP contribution is -2.41. The first-order valence-electron chi connectivity index (χ1n) is 8.17.